The van der Waals surface area contributed by atoms with Crippen LogP contribution in [-0.2, 0) is 4.79 Å². The fourth-order valence-corrected chi connectivity index (χ4v) is 1.64. The Morgan fingerprint density at radius 1 is 1.18 bits per heavy atom. The van der Waals surface area contributed by atoms with E-state index in [0.717, 1.165) is 0 Å². The fourth-order valence-electron chi connectivity index (χ4n) is 1.45. The van der Waals surface area contributed by atoms with Gasteiger partial charge in [0.1, 0.15) is 5.75 Å². The Hall–Kier alpha value is -2.87. The Bertz CT molecular complexity index is 695. The van der Waals surface area contributed by atoms with E-state index in [0.29, 0.717) is 10.8 Å². The van der Waals surface area contributed by atoms with Crippen LogP contribution in [0.3, 0.4) is 0 Å². The van der Waals surface area contributed by atoms with Gasteiger partial charge in [-0.3, -0.25) is 20.4 Å². The lowest BCUT2D eigenvalue weighted by Crippen LogP contribution is -2.44. The second-order valence-corrected chi connectivity index (χ2v) is 4.42. The number of nitrogens with one attached hydrogen (secondary N) is 2. The van der Waals surface area contributed by atoms with E-state index in [2.05, 4.69) is 20.8 Å². The Labute approximate surface area is 130 Å². The van der Waals surface area contributed by atoms with Gasteiger partial charge in [0.25, 0.3) is 11.8 Å². The molecule has 8 nitrogen and oxygen atoms in total. The summed E-state index contributed by atoms with van der Waals surface area (Å²) in [5.74, 6) is -0.933. The van der Waals surface area contributed by atoms with Crippen molar-refractivity contribution >= 4 is 29.2 Å². The number of para-hydroxylation sites is 1. The molecule has 1 aromatic heterocycles. The van der Waals surface area contributed by atoms with Crippen LogP contribution in [0.2, 0.25) is 5.02 Å². The third-order valence-electron chi connectivity index (χ3n) is 2.45. The average Bonchev–Trinajstić information content (AvgIpc) is 2.52. The van der Waals surface area contributed by atoms with Gasteiger partial charge in [-0.1, -0.05) is 23.7 Å². The van der Waals surface area contributed by atoms with E-state index in [4.69, 9.17) is 22.1 Å². The molecule has 4 N–H and O–H groups in total. The molecule has 0 fully saturated rings. The molecule has 0 radical (unpaired) electrons. The van der Waals surface area contributed by atoms with Gasteiger partial charge in [0.05, 0.1) is 5.02 Å². The molecule has 0 aliphatic rings. The lowest BCUT2D eigenvalue weighted by molar-refractivity contribution is -0.123. The molecule has 2 aromatic rings. The highest BCUT2D eigenvalue weighted by Crippen LogP contribution is 2.22. The van der Waals surface area contributed by atoms with Crippen molar-refractivity contribution in [3.05, 3.63) is 47.4 Å². The fraction of sp³-hybridized carbons (Fsp3) is 0.0769. The zero-order valence-corrected chi connectivity index (χ0v) is 12.0. The average molecular weight is 322 g/mol. The molecule has 1 heterocycles. The van der Waals surface area contributed by atoms with Gasteiger partial charge in [-0.05, 0) is 12.1 Å². The molecular formula is C13H12ClN5O3. The molecule has 22 heavy (non-hydrogen) atoms. The van der Waals surface area contributed by atoms with Gasteiger partial charge in [0.15, 0.2) is 18.1 Å². The summed E-state index contributed by atoms with van der Waals surface area (Å²) < 4.78 is 5.21. The Morgan fingerprint density at radius 2 is 1.91 bits per heavy atom. The molecule has 1 aromatic carbocycles. The number of hydrazine groups is 1. The molecule has 0 bridgehead atoms. The van der Waals surface area contributed by atoms with Crippen molar-refractivity contribution in [3.8, 4) is 5.75 Å². The maximum Gasteiger partial charge on any atom is 0.292 e. The van der Waals surface area contributed by atoms with Crippen molar-refractivity contribution in [1.82, 2.24) is 20.8 Å². The van der Waals surface area contributed by atoms with Crippen LogP contribution in [0, 0.1) is 0 Å². The number of ether oxygens (including phenoxy) is 1. The lowest BCUT2D eigenvalue weighted by Gasteiger charge is -2.09. The van der Waals surface area contributed by atoms with Crippen LogP contribution >= 0.6 is 11.6 Å². The molecule has 2 rings (SSSR count). The Kier molecular flexibility index (Phi) is 5.10. The largest absolute Gasteiger partial charge is 0.482 e. The molecule has 0 unspecified atom stereocenters. The van der Waals surface area contributed by atoms with Crippen molar-refractivity contribution in [3.63, 3.8) is 0 Å². The summed E-state index contributed by atoms with van der Waals surface area (Å²) in [6, 6.07) is 6.71. The zero-order valence-electron chi connectivity index (χ0n) is 11.2. The first-order valence-electron chi connectivity index (χ1n) is 6.11. The van der Waals surface area contributed by atoms with E-state index in [1.165, 1.54) is 12.4 Å². The van der Waals surface area contributed by atoms with Crippen molar-refractivity contribution in [2.24, 2.45) is 0 Å². The number of benzene rings is 1. The maximum atomic E-state index is 11.7. The smallest absolute Gasteiger partial charge is 0.292 e. The number of nitrogens with two attached hydrogens (primary N) is 1. The van der Waals surface area contributed by atoms with Gasteiger partial charge in [-0.15, -0.1) is 0 Å². The third kappa shape index (κ3) is 4.06. The standard InChI is InChI=1S/C13H12ClN5O3/c14-8-3-1-2-4-9(8)22-7-10(20)18-19-13(21)11-12(15)17-6-5-16-11/h1-6H,7H2,(H2,15,17)(H,18,20)(H,19,21). The number of carbonyl (C=O) groups excluding carboxylic acids is 2. The van der Waals surface area contributed by atoms with Crippen molar-refractivity contribution in [1.29, 1.82) is 0 Å². The van der Waals surface area contributed by atoms with Crippen molar-refractivity contribution < 1.29 is 14.3 Å². The minimum Gasteiger partial charge on any atom is -0.482 e. The molecule has 0 atom stereocenters. The van der Waals surface area contributed by atoms with Gasteiger partial charge in [0.2, 0.25) is 0 Å². The summed E-state index contributed by atoms with van der Waals surface area (Å²) in [6.45, 7) is -0.319. The van der Waals surface area contributed by atoms with Gasteiger partial charge >= 0.3 is 0 Å². The number of amides is 2. The highest BCUT2D eigenvalue weighted by Gasteiger charge is 2.13. The van der Waals surface area contributed by atoms with Gasteiger partial charge in [-0.25, -0.2) is 9.97 Å². The quantitative estimate of drug-likeness (QED) is 0.708. The topological polar surface area (TPSA) is 119 Å². The summed E-state index contributed by atoms with van der Waals surface area (Å²) in [4.78, 5) is 30.8. The summed E-state index contributed by atoms with van der Waals surface area (Å²) in [5.41, 5.74) is 9.73. The van der Waals surface area contributed by atoms with Crippen LogP contribution in [-0.4, -0.2) is 28.4 Å². The van der Waals surface area contributed by atoms with Crippen LogP contribution < -0.4 is 21.3 Å². The van der Waals surface area contributed by atoms with Crippen molar-refractivity contribution in [2.75, 3.05) is 12.3 Å². The Balaban J connectivity index is 1.82. The second-order valence-electron chi connectivity index (χ2n) is 4.01. The van der Waals surface area contributed by atoms with E-state index >= 15 is 0 Å². The van der Waals surface area contributed by atoms with Crippen LogP contribution in [0.25, 0.3) is 0 Å². The number of aromatic nitrogens is 2. The van der Waals surface area contributed by atoms with Gasteiger partial charge < -0.3 is 10.5 Å². The summed E-state index contributed by atoms with van der Waals surface area (Å²) in [5, 5.41) is 0.381. The maximum absolute atomic E-state index is 11.7. The Morgan fingerprint density at radius 3 is 2.64 bits per heavy atom. The number of hydrogen-bond acceptors (Lipinski definition) is 6. The number of nitrogens with zero attached hydrogens (tertiary/aromatic N) is 2. The normalized spacial score (nSPS) is 9.86. The SMILES string of the molecule is Nc1nccnc1C(=O)NNC(=O)COc1ccccc1Cl. The van der Waals surface area contributed by atoms with Crippen LogP contribution in [0.1, 0.15) is 10.5 Å². The first-order chi connectivity index (χ1) is 10.6. The monoisotopic (exact) mass is 321 g/mol. The molecular weight excluding hydrogens is 310 g/mol. The number of anilines is 1. The van der Waals surface area contributed by atoms with E-state index in [-0.39, 0.29) is 18.1 Å². The van der Waals surface area contributed by atoms with E-state index < -0.39 is 11.8 Å². The van der Waals surface area contributed by atoms with Gasteiger partial charge in [0, 0.05) is 12.4 Å². The summed E-state index contributed by atoms with van der Waals surface area (Å²) in [7, 11) is 0. The summed E-state index contributed by atoms with van der Waals surface area (Å²) >= 11 is 5.88. The minimum absolute atomic E-state index is 0.0402. The number of carbonyl (C=O) groups is 2. The zero-order chi connectivity index (χ0) is 15.9. The van der Waals surface area contributed by atoms with E-state index in [1.807, 2.05) is 0 Å². The highest BCUT2D eigenvalue weighted by atomic mass is 35.5. The number of nitrogen functional groups attached to an aromatic ring is 1. The van der Waals surface area contributed by atoms with Gasteiger partial charge in [-0.2, -0.15) is 0 Å². The van der Waals surface area contributed by atoms with Crippen LogP contribution in [0.15, 0.2) is 36.7 Å². The lowest BCUT2D eigenvalue weighted by atomic mass is 10.3. The van der Waals surface area contributed by atoms with Crippen LogP contribution in [0.5, 0.6) is 5.75 Å². The molecule has 0 aliphatic carbocycles. The molecule has 0 saturated heterocycles. The van der Waals surface area contributed by atoms with Crippen LogP contribution in [0.4, 0.5) is 5.82 Å². The number of rotatable bonds is 4. The van der Waals surface area contributed by atoms with E-state index in [9.17, 15) is 9.59 Å². The molecule has 2 amide bonds. The predicted molar refractivity (Wildman–Crippen MR) is 79.0 cm³/mol. The number of halogens is 1. The summed E-state index contributed by atoms with van der Waals surface area (Å²) in [6.07, 6.45) is 2.66. The second kappa shape index (κ2) is 7.23. The third-order valence-corrected chi connectivity index (χ3v) is 2.76. The first-order valence-corrected chi connectivity index (χ1v) is 6.48. The highest BCUT2D eigenvalue weighted by molar-refractivity contribution is 6.32. The molecule has 9 heteroatoms. The first kappa shape index (κ1) is 15.5. The molecule has 0 aliphatic heterocycles. The van der Waals surface area contributed by atoms with E-state index in [1.54, 1.807) is 24.3 Å². The van der Waals surface area contributed by atoms with Crippen molar-refractivity contribution in [2.45, 2.75) is 0 Å². The molecule has 114 valence electrons. The molecule has 0 saturated carbocycles. The predicted octanol–water partition coefficient (Wildman–Crippen LogP) is 0.552. The molecule has 0 spiro atoms. The minimum atomic E-state index is -0.684. The number of hydrogen-bond donors (Lipinski definition) is 3.